The van der Waals surface area contributed by atoms with Gasteiger partial charge in [-0.15, -0.1) is 0 Å². The molecule has 0 aliphatic carbocycles. The summed E-state index contributed by atoms with van der Waals surface area (Å²) in [7, 11) is 0. The number of hydrogen-bond acceptors (Lipinski definition) is 3. The fourth-order valence-electron chi connectivity index (χ4n) is 6.35. The molecule has 2 heterocycles. The van der Waals surface area contributed by atoms with Crippen LogP contribution >= 0.6 is 0 Å². The van der Waals surface area contributed by atoms with Crippen LogP contribution in [0.3, 0.4) is 0 Å². The van der Waals surface area contributed by atoms with Crippen molar-refractivity contribution in [2.24, 2.45) is 0 Å². The molecule has 9 aromatic rings. The Hall–Kier alpha value is -6.52. The van der Waals surface area contributed by atoms with Crippen LogP contribution in [0.1, 0.15) is 6.85 Å². The first kappa shape index (κ1) is 22.9. The van der Waals surface area contributed by atoms with Crippen molar-refractivity contribution in [2.75, 3.05) is 4.90 Å². The van der Waals surface area contributed by atoms with Crippen LogP contribution in [-0.4, -0.2) is 4.40 Å². The van der Waals surface area contributed by atoms with E-state index in [1.54, 1.807) is 17.0 Å². The maximum absolute atomic E-state index is 8.82. The van der Waals surface area contributed by atoms with Gasteiger partial charge >= 0.3 is 0 Å². The summed E-state index contributed by atoms with van der Waals surface area (Å²) >= 11 is 0. The van der Waals surface area contributed by atoms with E-state index in [1.165, 1.54) is 0 Å². The minimum atomic E-state index is -0.444. The molecule has 0 N–H and O–H groups in total. The summed E-state index contributed by atoms with van der Waals surface area (Å²) in [5.74, 6) is 1.29. The Morgan fingerprint density at radius 3 is 1.90 bits per heavy atom. The van der Waals surface area contributed by atoms with Gasteiger partial charge in [0.15, 0.2) is 5.58 Å². The second-order valence-corrected chi connectivity index (χ2v) is 11.4. The highest BCUT2D eigenvalue weighted by molar-refractivity contribution is 6.07. The summed E-state index contributed by atoms with van der Waals surface area (Å²) in [6.45, 7) is 0. The summed E-state index contributed by atoms with van der Waals surface area (Å²) in [6, 6.07) is 47.3. The Labute approximate surface area is 285 Å². The van der Waals surface area contributed by atoms with Crippen LogP contribution in [0.4, 0.5) is 17.1 Å². The maximum Gasteiger partial charge on any atom is 0.213 e. The van der Waals surface area contributed by atoms with Crippen LogP contribution in [0.5, 0.6) is 11.5 Å². The molecule has 0 fully saturated rings. The normalized spacial score (nSPS) is 12.8. The first-order chi connectivity index (χ1) is 25.9. The quantitative estimate of drug-likeness (QED) is 0.177. The van der Waals surface area contributed by atoms with Crippen molar-refractivity contribution >= 4 is 44.8 Å². The number of anilines is 3. The van der Waals surface area contributed by atoms with Gasteiger partial charge in [0.05, 0.1) is 23.5 Å². The summed E-state index contributed by atoms with van der Waals surface area (Å²) in [5.41, 5.74) is 8.90. The molecule has 0 amide bonds. The molecule has 7 aromatic carbocycles. The van der Waals surface area contributed by atoms with E-state index >= 15 is 0 Å². The van der Waals surface area contributed by atoms with Crippen LogP contribution < -0.4 is 9.64 Å². The number of ether oxygens (including phenoxy) is 1. The number of fused-ring (bicyclic) bond motifs is 5. The lowest BCUT2D eigenvalue weighted by Crippen LogP contribution is -2.09. The van der Waals surface area contributed by atoms with E-state index in [0.29, 0.717) is 22.9 Å². The summed E-state index contributed by atoms with van der Waals surface area (Å²) < 4.78 is 57.4. The van der Waals surface area contributed by atoms with Crippen molar-refractivity contribution in [3.05, 3.63) is 182 Å². The molecular formula is C44H30N2O2. The third-order valence-corrected chi connectivity index (χ3v) is 8.54. The molecule has 2 aromatic heterocycles. The Morgan fingerprint density at radius 1 is 0.521 bits per heavy atom. The fourth-order valence-corrected chi connectivity index (χ4v) is 6.35. The highest BCUT2D eigenvalue weighted by Gasteiger charge is 2.20. The third-order valence-electron chi connectivity index (χ3n) is 8.54. The first-order valence-electron chi connectivity index (χ1n) is 18.2. The van der Waals surface area contributed by atoms with Crippen LogP contribution in [0.15, 0.2) is 186 Å². The van der Waals surface area contributed by atoms with Gasteiger partial charge in [-0.05, 0) is 95.5 Å². The average molecular weight is 624 g/mol. The molecule has 0 aliphatic rings. The van der Waals surface area contributed by atoms with Crippen molar-refractivity contribution in [2.45, 2.75) is 0 Å². The van der Waals surface area contributed by atoms with Gasteiger partial charge in [0.2, 0.25) is 5.71 Å². The van der Waals surface area contributed by atoms with Crippen molar-refractivity contribution in [1.29, 1.82) is 0 Å². The molecule has 4 heteroatoms. The van der Waals surface area contributed by atoms with Gasteiger partial charge in [-0.25, -0.2) is 0 Å². The molecule has 0 saturated heterocycles. The predicted octanol–water partition coefficient (Wildman–Crippen LogP) is 12.4. The number of aromatic nitrogens is 1. The second kappa shape index (κ2) is 11.7. The van der Waals surface area contributed by atoms with E-state index in [2.05, 4.69) is 34.7 Å². The smallest absolute Gasteiger partial charge is 0.213 e. The van der Waals surface area contributed by atoms with E-state index in [1.807, 2.05) is 109 Å². The molecule has 0 aliphatic heterocycles. The van der Waals surface area contributed by atoms with E-state index in [9.17, 15) is 0 Å². The molecule has 0 saturated carbocycles. The molecule has 4 nitrogen and oxygen atoms in total. The zero-order chi connectivity index (χ0) is 36.2. The van der Waals surface area contributed by atoms with E-state index in [4.69, 9.17) is 16.0 Å². The van der Waals surface area contributed by atoms with Crippen molar-refractivity contribution in [1.82, 2.24) is 4.40 Å². The SMILES string of the molecule is [2H]c1c([2H])c([2H])c(N(c2ccc(Oc3ccccc3)cc2)c2ccc(-c3ccc4oc5c(-c6ccccc6)c6ccccc6n5c4c3)cc2)c([2H])c1[2H]. The summed E-state index contributed by atoms with van der Waals surface area (Å²) in [5, 5.41) is 1.11. The van der Waals surface area contributed by atoms with Gasteiger partial charge in [0.25, 0.3) is 0 Å². The van der Waals surface area contributed by atoms with E-state index < -0.39 is 18.1 Å². The number of para-hydroxylation sites is 3. The van der Waals surface area contributed by atoms with E-state index in [0.717, 1.165) is 50.0 Å². The highest BCUT2D eigenvalue weighted by atomic mass is 16.5. The topological polar surface area (TPSA) is 30.0 Å². The lowest BCUT2D eigenvalue weighted by Gasteiger charge is -2.25. The molecular weight excluding hydrogens is 588 g/mol. The van der Waals surface area contributed by atoms with Crippen LogP contribution in [-0.2, 0) is 0 Å². The summed E-state index contributed by atoms with van der Waals surface area (Å²) in [6.07, 6.45) is 0. The van der Waals surface area contributed by atoms with Crippen LogP contribution in [0.25, 0.3) is 50.0 Å². The van der Waals surface area contributed by atoms with Crippen LogP contribution in [0.2, 0.25) is 0 Å². The molecule has 48 heavy (non-hydrogen) atoms. The zero-order valence-electron chi connectivity index (χ0n) is 30.6. The van der Waals surface area contributed by atoms with Crippen molar-refractivity contribution in [3.8, 4) is 33.8 Å². The molecule has 0 unspecified atom stereocenters. The number of oxazole rings is 1. The minimum absolute atomic E-state index is 0.0522. The number of hydrogen-bond donors (Lipinski definition) is 0. The monoisotopic (exact) mass is 623 g/mol. The highest BCUT2D eigenvalue weighted by Crippen LogP contribution is 2.41. The largest absolute Gasteiger partial charge is 0.457 e. The average Bonchev–Trinajstić information content (AvgIpc) is 3.73. The Kier molecular flexibility index (Phi) is 5.58. The summed E-state index contributed by atoms with van der Waals surface area (Å²) in [4.78, 5) is 1.69. The standard InChI is InChI=1S/C44H30N2O2/c1-4-12-32(13-5-1)43-39-18-10-11-19-40(39)46-41-30-33(22-29-42(41)48-44(43)46)31-20-23-35(24-21-31)45(34-14-6-2-7-15-34)36-25-27-38(28-26-36)47-37-16-8-3-9-17-37/h1-30H/i2D,6D,7D,14D,15D. The lowest BCUT2D eigenvalue weighted by molar-refractivity contribution is 0.483. The number of benzene rings is 7. The molecule has 9 rings (SSSR count). The number of rotatable bonds is 7. The van der Waals surface area contributed by atoms with Crippen molar-refractivity contribution < 1.29 is 16.0 Å². The van der Waals surface area contributed by atoms with Crippen LogP contribution in [0, 0.1) is 0 Å². The molecule has 0 radical (unpaired) electrons. The Morgan fingerprint density at radius 2 is 1.15 bits per heavy atom. The van der Waals surface area contributed by atoms with Gasteiger partial charge in [-0.3, -0.25) is 4.40 Å². The second-order valence-electron chi connectivity index (χ2n) is 11.4. The van der Waals surface area contributed by atoms with Gasteiger partial charge < -0.3 is 14.1 Å². The van der Waals surface area contributed by atoms with Crippen molar-refractivity contribution in [3.63, 3.8) is 0 Å². The Bertz CT molecular complexity index is 2770. The van der Waals surface area contributed by atoms with Gasteiger partial charge in [-0.1, -0.05) is 103 Å². The zero-order valence-corrected chi connectivity index (χ0v) is 25.6. The maximum atomic E-state index is 8.82. The van der Waals surface area contributed by atoms with Gasteiger partial charge in [0.1, 0.15) is 11.5 Å². The minimum Gasteiger partial charge on any atom is -0.457 e. The predicted molar refractivity (Wildman–Crippen MR) is 197 cm³/mol. The molecule has 0 bridgehead atoms. The number of nitrogens with zero attached hydrogens (tertiary/aromatic N) is 2. The molecule has 228 valence electrons. The molecule has 0 spiro atoms. The van der Waals surface area contributed by atoms with Gasteiger partial charge in [-0.2, -0.15) is 0 Å². The molecule has 0 atom stereocenters. The first-order valence-corrected chi connectivity index (χ1v) is 15.7. The van der Waals surface area contributed by atoms with Gasteiger partial charge in [0, 0.05) is 22.4 Å². The Balaban J connectivity index is 1.14. The lowest BCUT2D eigenvalue weighted by atomic mass is 10.0. The third kappa shape index (κ3) is 4.88. The van der Waals surface area contributed by atoms with E-state index in [-0.39, 0.29) is 17.8 Å². The fraction of sp³-hybridized carbons (Fsp3) is 0.